The first kappa shape index (κ1) is 16.4. The molecule has 1 aliphatic rings. The lowest BCUT2D eigenvalue weighted by atomic mass is 9.91. The number of nitrogens with one attached hydrogen (secondary N) is 1. The monoisotopic (exact) mass is 348 g/mol. The number of carboxylic acid groups (broad SMARTS) is 1. The molecule has 7 heteroatoms. The SMILES string of the molecule is CNc1c(OC)cc2c(c1Cl)CC(C)n1cc(C(=O)O)c(=O)cc1-2. The number of benzene rings is 1. The Labute approximate surface area is 143 Å². The minimum absolute atomic E-state index is 0.0261. The van der Waals surface area contributed by atoms with Crippen LogP contribution in [0.3, 0.4) is 0 Å². The Bertz CT molecular complexity index is 904. The number of hydrogen-bond donors (Lipinski definition) is 2. The Morgan fingerprint density at radius 2 is 2.17 bits per heavy atom. The van der Waals surface area contributed by atoms with Crippen molar-refractivity contribution in [2.45, 2.75) is 19.4 Å². The Morgan fingerprint density at radius 1 is 1.46 bits per heavy atom. The number of pyridine rings is 1. The number of carbonyl (C=O) groups is 1. The molecule has 0 saturated carbocycles. The number of rotatable bonds is 3. The maximum Gasteiger partial charge on any atom is 0.341 e. The molecule has 2 heterocycles. The van der Waals surface area contributed by atoms with Crippen molar-refractivity contribution < 1.29 is 14.6 Å². The summed E-state index contributed by atoms with van der Waals surface area (Å²) in [5.41, 5.74) is 2.27. The van der Waals surface area contributed by atoms with Crippen LogP contribution >= 0.6 is 11.6 Å². The van der Waals surface area contributed by atoms with E-state index in [1.807, 2.05) is 17.6 Å². The number of aromatic nitrogens is 1. The highest BCUT2D eigenvalue weighted by molar-refractivity contribution is 6.35. The van der Waals surface area contributed by atoms with Crippen molar-refractivity contribution in [3.05, 3.63) is 44.7 Å². The summed E-state index contributed by atoms with van der Waals surface area (Å²) in [5, 5.41) is 12.8. The molecule has 0 saturated heterocycles. The number of aromatic carboxylic acids is 1. The average Bonchev–Trinajstić information content (AvgIpc) is 2.54. The van der Waals surface area contributed by atoms with Gasteiger partial charge in [-0.1, -0.05) is 11.6 Å². The maximum absolute atomic E-state index is 12.1. The number of halogens is 1. The van der Waals surface area contributed by atoms with Gasteiger partial charge in [-0.05, 0) is 25.0 Å². The van der Waals surface area contributed by atoms with Crippen molar-refractivity contribution in [2.24, 2.45) is 0 Å². The fraction of sp³-hybridized carbons (Fsp3) is 0.294. The minimum atomic E-state index is -1.23. The second kappa shape index (κ2) is 5.87. The number of carboxylic acids is 1. The number of methoxy groups -OCH3 is 1. The van der Waals surface area contributed by atoms with E-state index < -0.39 is 11.4 Å². The molecule has 2 N–H and O–H groups in total. The molecule has 0 bridgehead atoms. The van der Waals surface area contributed by atoms with Gasteiger partial charge in [0.25, 0.3) is 0 Å². The van der Waals surface area contributed by atoms with Crippen LogP contribution in [-0.2, 0) is 6.42 Å². The number of hydrogen-bond acceptors (Lipinski definition) is 4. The summed E-state index contributed by atoms with van der Waals surface area (Å²) in [4.78, 5) is 23.4. The van der Waals surface area contributed by atoms with Gasteiger partial charge >= 0.3 is 5.97 Å². The van der Waals surface area contributed by atoms with Crippen molar-refractivity contribution in [1.29, 1.82) is 0 Å². The smallest absolute Gasteiger partial charge is 0.341 e. The minimum Gasteiger partial charge on any atom is -0.495 e. The lowest BCUT2D eigenvalue weighted by molar-refractivity contribution is 0.0694. The normalized spacial score (nSPS) is 15.4. The quantitative estimate of drug-likeness (QED) is 0.891. The third-order valence-corrected chi connectivity index (χ3v) is 4.78. The molecule has 126 valence electrons. The number of anilines is 1. The Balaban J connectivity index is 2.34. The Kier molecular flexibility index (Phi) is 4.01. The Morgan fingerprint density at radius 3 is 2.75 bits per heavy atom. The molecule has 2 aromatic rings. The highest BCUT2D eigenvalue weighted by Gasteiger charge is 2.27. The molecule has 0 fully saturated rings. The molecule has 6 nitrogen and oxygen atoms in total. The predicted octanol–water partition coefficient (Wildman–Crippen LogP) is 3.03. The third kappa shape index (κ3) is 2.34. The van der Waals surface area contributed by atoms with Crippen LogP contribution in [0.2, 0.25) is 5.02 Å². The molecular weight excluding hydrogens is 332 g/mol. The highest BCUT2D eigenvalue weighted by Crippen LogP contribution is 2.45. The lowest BCUT2D eigenvalue weighted by Crippen LogP contribution is -2.24. The molecule has 1 aromatic heterocycles. The van der Waals surface area contributed by atoms with Crippen LogP contribution in [0, 0.1) is 0 Å². The molecule has 0 spiro atoms. The van der Waals surface area contributed by atoms with Crippen LogP contribution in [0.25, 0.3) is 11.3 Å². The first-order chi connectivity index (χ1) is 11.4. The zero-order chi connectivity index (χ0) is 17.6. The van der Waals surface area contributed by atoms with E-state index in [-0.39, 0.29) is 11.6 Å². The van der Waals surface area contributed by atoms with Crippen LogP contribution in [0.4, 0.5) is 5.69 Å². The van der Waals surface area contributed by atoms with E-state index in [4.69, 9.17) is 16.3 Å². The topological polar surface area (TPSA) is 80.6 Å². The van der Waals surface area contributed by atoms with Crippen LogP contribution in [0.5, 0.6) is 5.75 Å². The summed E-state index contributed by atoms with van der Waals surface area (Å²) in [6.45, 7) is 1.96. The largest absolute Gasteiger partial charge is 0.495 e. The Hall–Kier alpha value is -2.47. The van der Waals surface area contributed by atoms with Gasteiger partial charge in [-0.25, -0.2) is 4.79 Å². The van der Waals surface area contributed by atoms with Gasteiger partial charge in [-0.15, -0.1) is 0 Å². The van der Waals surface area contributed by atoms with E-state index in [0.717, 1.165) is 11.1 Å². The van der Waals surface area contributed by atoms with E-state index in [1.165, 1.54) is 12.3 Å². The van der Waals surface area contributed by atoms with E-state index in [2.05, 4.69) is 5.32 Å². The average molecular weight is 349 g/mol. The van der Waals surface area contributed by atoms with Gasteiger partial charge in [0.05, 0.1) is 23.5 Å². The molecular formula is C17H17ClN2O4. The van der Waals surface area contributed by atoms with Crippen molar-refractivity contribution in [3.63, 3.8) is 0 Å². The summed E-state index contributed by atoms with van der Waals surface area (Å²) in [5.74, 6) is -0.661. The summed E-state index contributed by atoms with van der Waals surface area (Å²) in [6, 6.07) is 3.15. The van der Waals surface area contributed by atoms with Gasteiger partial charge in [0, 0.05) is 30.9 Å². The molecule has 0 amide bonds. The van der Waals surface area contributed by atoms with Gasteiger partial charge in [-0.2, -0.15) is 0 Å². The maximum atomic E-state index is 12.1. The molecule has 1 atom stereocenters. The number of nitrogens with zero attached hydrogens (tertiary/aromatic N) is 1. The molecule has 0 aliphatic carbocycles. The zero-order valence-electron chi connectivity index (χ0n) is 13.5. The van der Waals surface area contributed by atoms with Crippen LogP contribution in [0.15, 0.2) is 23.1 Å². The third-order valence-electron chi connectivity index (χ3n) is 4.36. The zero-order valence-corrected chi connectivity index (χ0v) is 14.3. The second-order valence-electron chi connectivity index (χ2n) is 5.75. The summed E-state index contributed by atoms with van der Waals surface area (Å²) in [7, 11) is 3.31. The number of ether oxygens (including phenoxy) is 1. The fourth-order valence-corrected chi connectivity index (χ4v) is 3.54. The number of fused-ring (bicyclic) bond motifs is 3. The van der Waals surface area contributed by atoms with Crippen LogP contribution in [0.1, 0.15) is 28.9 Å². The first-order valence-corrected chi connectivity index (χ1v) is 7.83. The van der Waals surface area contributed by atoms with E-state index in [0.29, 0.717) is 28.6 Å². The first-order valence-electron chi connectivity index (χ1n) is 7.46. The predicted molar refractivity (Wildman–Crippen MR) is 92.6 cm³/mol. The molecule has 0 radical (unpaired) electrons. The molecule has 24 heavy (non-hydrogen) atoms. The highest BCUT2D eigenvalue weighted by atomic mass is 35.5. The van der Waals surface area contributed by atoms with Crippen molar-refractivity contribution in [3.8, 4) is 17.0 Å². The fourth-order valence-electron chi connectivity index (χ4n) is 3.17. The van der Waals surface area contributed by atoms with Gasteiger partial charge in [0.15, 0.2) is 5.43 Å². The molecule has 1 aromatic carbocycles. The van der Waals surface area contributed by atoms with Crippen LogP contribution in [-0.4, -0.2) is 29.8 Å². The van der Waals surface area contributed by atoms with E-state index in [1.54, 1.807) is 14.2 Å². The molecule has 1 aliphatic heterocycles. The van der Waals surface area contributed by atoms with E-state index in [9.17, 15) is 14.7 Å². The summed E-state index contributed by atoms with van der Waals surface area (Å²) in [6.07, 6.45) is 2.03. The van der Waals surface area contributed by atoms with Crippen molar-refractivity contribution in [2.75, 3.05) is 19.5 Å². The van der Waals surface area contributed by atoms with Crippen molar-refractivity contribution >= 4 is 23.3 Å². The van der Waals surface area contributed by atoms with Crippen LogP contribution < -0.4 is 15.5 Å². The van der Waals surface area contributed by atoms with Gasteiger partial charge < -0.3 is 19.7 Å². The van der Waals surface area contributed by atoms with Gasteiger partial charge in [0.1, 0.15) is 11.3 Å². The van der Waals surface area contributed by atoms with Gasteiger partial charge in [0.2, 0.25) is 0 Å². The van der Waals surface area contributed by atoms with E-state index >= 15 is 0 Å². The molecule has 1 unspecified atom stereocenters. The molecule has 3 rings (SSSR count). The lowest BCUT2D eigenvalue weighted by Gasteiger charge is -2.30. The summed E-state index contributed by atoms with van der Waals surface area (Å²) < 4.78 is 7.20. The summed E-state index contributed by atoms with van der Waals surface area (Å²) >= 11 is 6.54. The standard InChI is InChI=1S/C17H17ClN2O4/c1-8-4-10-9(5-14(24-3)16(19-2)15(10)18)12-6-13(21)11(17(22)23)7-20(8)12/h5-8,19H,4H2,1-3H3,(H,22,23). The van der Waals surface area contributed by atoms with Crippen molar-refractivity contribution in [1.82, 2.24) is 4.57 Å². The van der Waals surface area contributed by atoms with Gasteiger partial charge in [-0.3, -0.25) is 4.79 Å². The second-order valence-corrected chi connectivity index (χ2v) is 6.12.